The predicted molar refractivity (Wildman–Crippen MR) is 114 cm³/mol. The van der Waals surface area contributed by atoms with E-state index in [0.29, 0.717) is 6.61 Å². The summed E-state index contributed by atoms with van der Waals surface area (Å²) in [6.07, 6.45) is 2.37. The van der Waals surface area contributed by atoms with Gasteiger partial charge in [-0.05, 0) is 65.5 Å². The van der Waals surface area contributed by atoms with Gasteiger partial charge in [0.2, 0.25) is 0 Å². The molecule has 6 heteroatoms. The highest BCUT2D eigenvalue weighted by molar-refractivity contribution is 5.79. The minimum atomic E-state index is 0.620. The monoisotopic (exact) mass is 375 g/mol. The van der Waals surface area contributed by atoms with Crippen molar-refractivity contribution in [3.63, 3.8) is 0 Å². The fourth-order valence-electron chi connectivity index (χ4n) is 3.12. The lowest BCUT2D eigenvalue weighted by Gasteiger charge is -2.19. The molecule has 2 N–H and O–H groups in total. The summed E-state index contributed by atoms with van der Waals surface area (Å²) < 4.78 is 5.76. The van der Waals surface area contributed by atoms with Crippen LogP contribution < -0.4 is 15.4 Å². The topological polar surface area (TPSA) is 52.1 Å². The predicted octanol–water partition coefficient (Wildman–Crippen LogP) is 1.96. The van der Waals surface area contributed by atoms with Crippen molar-refractivity contribution in [3.05, 3.63) is 29.8 Å². The zero-order chi connectivity index (χ0) is 19.3. The van der Waals surface area contributed by atoms with E-state index < -0.39 is 0 Å². The maximum Gasteiger partial charge on any atom is 0.191 e. The minimum Gasteiger partial charge on any atom is -0.492 e. The van der Waals surface area contributed by atoms with Crippen molar-refractivity contribution >= 4 is 5.96 Å². The number of rotatable bonds is 9. The van der Waals surface area contributed by atoms with E-state index in [9.17, 15) is 0 Å². The Hall–Kier alpha value is -1.79. The first-order chi connectivity index (χ1) is 13.2. The first-order valence-corrected chi connectivity index (χ1v) is 10.3. The number of hydrogen-bond donors (Lipinski definition) is 2. The Bertz CT molecular complexity index is 546. The number of ether oxygens (including phenoxy) is 1. The number of aryl methyl sites for hydroxylation is 1. The van der Waals surface area contributed by atoms with Crippen LogP contribution in [0.3, 0.4) is 0 Å². The van der Waals surface area contributed by atoms with E-state index in [1.54, 1.807) is 0 Å². The summed E-state index contributed by atoms with van der Waals surface area (Å²) in [5, 5.41) is 6.66. The first-order valence-electron chi connectivity index (χ1n) is 10.3. The molecule has 0 bridgehead atoms. The summed E-state index contributed by atoms with van der Waals surface area (Å²) in [5.74, 6) is 1.79. The molecule has 2 rings (SSSR count). The molecule has 0 amide bonds. The van der Waals surface area contributed by atoms with Crippen molar-refractivity contribution in [2.45, 2.75) is 26.7 Å². The molecule has 0 atom stereocenters. The van der Waals surface area contributed by atoms with E-state index in [2.05, 4.69) is 53.5 Å². The van der Waals surface area contributed by atoms with Crippen LogP contribution in [0.1, 0.15) is 25.3 Å². The van der Waals surface area contributed by atoms with Gasteiger partial charge in [0.25, 0.3) is 0 Å². The number of hydrogen-bond acceptors (Lipinski definition) is 4. The number of guanidine groups is 1. The van der Waals surface area contributed by atoms with Crippen LogP contribution in [0.2, 0.25) is 0 Å². The zero-order valence-electron chi connectivity index (χ0n) is 17.3. The molecule has 0 unspecified atom stereocenters. The number of benzene rings is 1. The third kappa shape index (κ3) is 9.11. The van der Waals surface area contributed by atoms with Crippen molar-refractivity contribution in [3.8, 4) is 5.75 Å². The van der Waals surface area contributed by atoms with E-state index in [-0.39, 0.29) is 0 Å². The van der Waals surface area contributed by atoms with Gasteiger partial charge >= 0.3 is 0 Å². The number of aliphatic imine (C=N–C) groups is 1. The molecule has 1 aliphatic rings. The first kappa shape index (κ1) is 21.5. The van der Waals surface area contributed by atoms with Gasteiger partial charge in [-0.1, -0.05) is 17.7 Å². The molecule has 1 aliphatic heterocycles. The van der Waals surface area contributed by atoms with Gasteiger partial charge < -0.3 is 25.2 Å². The molecule has 0 spiro atoms. The van der Waals surface area contributed by atoms with Crippen molar-refractivity contribution in [1.82, 2.24) is 20.4 Å². The van der Waals surface area contributed by atoms with E-state index in [1.165, 1.54) is 38.2 Å². The van der Waals surface area contributed by atoms with Crippen LogP contribution in [0.25, 0.3) is 0 Å². The van der Waals surface area contributed by atoms with Crippen LogP contribution in [-0.4, -0.2) is 81.8 Å². The number of nitrogens with zero attached hydrogens (tertiary/aromatic N) is 3. The Morgan fingerprint density at radius 2 is 1.93 bits per heavy atom. The molecule has 1 aromatic carbocycles. The Kier molecular flexibility index (Phi) is 10.0. The molecule has 1 aromatic rings. The van der Waals surface area contributed by atoms with Crippen molar-refractivity contribution in [2.24, 2.45) is 4.99 Å². The highest BCUT2D eigenvalue weighted by Gasteiger charge is 2.11. The van der Waals surface area contributed by atoms with Crippen LogP contribution in [0.4, 0.5) is 0 Å². The summed E-state index contributed by atoms with van der Waals surface area (Å²) in [6, 6.07) is 8.15. The van der Waals surface area contributed by atoms with E-state index in [1.807, 2.05) is 12.1 Å². The van der Waals surface area contributed by atoms with Crippen LogP contribution in [0.5, 0.6) is 5.75 Å². The third-order valence-electron chi connectivity index (χ3n) is 4.74. The zero-order valence-corrected chi connectivity index (χ0v) is 17.3. The van der Waals surface area contributed by atoms with E-state index >= 15 is 0 Å². The van der Waals surface area contributed by atoms with Crippen molar-refractivity contribution < 1.29 is 4.74 Å². The second-order valence-corrected chi connectivity index (χ2v) is 7.20. The lowest BCUT2D eigenvalue weighted by atomic mass is 10.2. The van der Waals surface area contributed by atoms with Gasteiger partial charge in [-0.2, -0.15) is 0 Å². The minimum absolute atomic E-state index is 0.620. The lowest BCUT2D eigenvalue weighted by molar-refractivity contribution is 0.275. The van der Waals surface area contributed by atoms with Crippen LogP contribution in [-0.2, 0) is 0 Å². The summed E-state index contributed by atoms with van der Waals surface area (Å²) in [5.41, 5.74) is 1.24. The smallest absolute Gasteiger partial charge is 0.191 e. The van der Waals surface area contributed by atoms with Gasteiger partial charge in [-0.15, -0.1) is 0 Å². The Morgan fingerprint density at radius 3 is 2.70 bits per heavy atom. The fourth-order valence-corrected chi connectivity index (χ4v) is 3.12. The molecule has 6 nitrogen and oxygen atoms in total. The molecule has 1 fully saturated rings. The summed E-state index contributed by atoms with van der Waals surface area (Å²) >= 11 is 0. The third-order valence-corrected chi connectivity index (χ3v) is 4.74. The molecular formula is C21H37N5O. The fraction of sp³-hybridized carbons (Fsp3) is 0.667. The number of nitrogens with one attached hydrogen (secondary N) is 2. The average molecular weight is 376 g/mol. The van der Waals surface area contributed by atoms with Gasteiger partial charge in [0, 0.05) is 26.2 Å². The summed E-state index contributed by atoms with van der Waals surface area (Å²) in [6.45, 7) is 13.1. The second kappa shape index (κ2) is 12.6. The second-order valence-electron chi connectivity index (χ2n) is 7.20. The quantitative estimate of drug-likeness (QED) is 0.393. The Morgan fingerprint density at radius 1 is 1.11 bits per heavy atom. The number of likely N-dealkylation sites (N-methyl/N-ethyl adjacent to an activating group) is 1. The largest absolute Gasteiger partial charge is 0.492 e. The standard InChI is InChI=1S/C21H37N5O/c1-4-22-21(24-12-18-27-20-9-7-19(2)8-10-20)23-11-5-14-26-15-6-13-25(3)16-17-26/h7-10H,4-6,11-18H2,1-3H3,(H2,22,23,24). The molecular weight excluding hydrogens is 338 g/mol. The highest BCUT2D eigenvalue weighted by atomic mass is 16.5. The summed E-state index contributed by atoms with van der Waals surface area (Å²) in [4.78, 5) is 9.68. The molecule has 1 heterocycles. The normalized spacial score (nSPS) is 16.8. The van der Waals surface area contributed by atoms with Crippen molar-refractivity contribution in [1.29, 1.82) is 0 Å². The van der Waals surface area contributed by atoms with Crippen LogP contribution in [0.15, 0.2) is 29.3 Å². The van der Waals surface area contributed by atoms with Crippen LogP contribution in [0, 0.1) is 6.92 Å². The molecule has 152 valence electrons. The van der Waals surface area contributed by atoms with E-state index in [0.717, 1.165) is 44.3 Å². The van der Waals surface area contributed by atoms with Gasteiger partial charge in [-0.25, -0.2) is 0 Å². The molecule has 27 heavy (non-hydrogen) atoms. The Balaban J connectivity index is 1.63. The molecule has 0 aromatic heterocycles. The van der Waals surface area contributed by atoms with Crippen molar-refractivity contribution in [2.75, 3.05) is 66.0 Å². The maximum atomic E-state index is 5.76. The Labute approximate surface area is 165 Å². The van der Waals surface area contributed by atoms with Gasteiger partial charge in [-0.3, -0.25) is 4.99 Å². The highest BCUT2D eigenvalue weighted by Crippen LogP contribution is 2.10. The van der Waals surface area contributed by atoms with Gasteiger partial charge in [0.05, 0.1) is 6.54 Å². The summed E-state index contributed by atoms with van der Waals surface area (Å²) in [7, 11) is 2.21. The average Bonchev–Trinajstić information content (AvgIpc) is 2.88. The van der Waals surface area contributed by atoms with Gasteiger partial charge in [0.1, 0.15) is 12.4 Å². The molecule has 0 aliphatic carbocycles. The SMILES string of the molecule is CCNC(=NCCCN1CCCN(C)CC1)NCCOc1ccc(C)cc1. The van der Waals surface area contributed by atoms with Crippen LogP contribution >= 0.6 is 0 Å². The van der Waals surface area contributed by atoms with Gasteiger partial charge in [0.15, 0.2) is 5.96 Å². The molecule has 0 radical (unpaired) electrons. The van der Waals surface area contributed by atoms with E-state index in [4.69, 9.17) is 9.73 Å². The molecule has 0 saturated carbocycles. The maximum absolute atomic E-state index is 5.76. The molecule has 1 saturated heterocycles. The lowest BCUT2D eigenvalue weighted by Crippen LogP contribution is -2.39.